The van der Waals surface area contributed by atoms with Gasteiger partial charge in [-0.25, -0.2) is 0 Å². The van der Waals surface area contributed by atoms with Crippen LogP contribution in [0.15, 0.2) is 71.1 Å². The van der Waals surface area contributed by atoms with Crippen molar-refractivity contribution in [2.75, 3.05) is 5.73 Å². The number of rotatable bonds is 4. The topological polar surface area (TPSA) is 74.2 Å². The molecule has 2 N–H and O–H groups in total. The maximum atomic E-state index is 5.95. The summed E-state index contributed by atoms with van der Waals surface area (Å²) in [6, 6.07) is 22.0. The summed E-state index contributed by atoms with van der Waals surface area (Å²) in [6.07, 6.45) is 0. The lowest BCUT2D eigenvalue weighted by Gasteiger charge is -2.09. The van der Waals surface area contributed by atoms with Crippen molar-refractivity contribution < 1.29 is 9.15 Å². The van der Waals surface area contributed by atoms with Crippen molar-refractivity contribution in [2.24, 2.45) is 0 Å². The number of hydrogen-bond donors (Lipinski definition) is 1. The van der Waals surface area contributed by atoms with E-state index in [2.05, 4.69) is 34.5 Å². The molecular formula is C19H15N3O2. The first-order chi connectivity index (χ1) is 11.8. The largest absolute Gasteiger partial charge is 0.489 e. The summed E-state index contributed by atoms with van der Waals surface area (Å²) in [5, 5.41) is 9.96. The van der Waals surface area contributed by atoms with Crippen LogP contribution in [0.1, 0.15) is 5.56 Å². The minimum Gasteiger partial charge on any atom is -0.489 e. The standard InChI is InChI=1S/C19H15N3O2/c20-19-22-21-18(24-19)14-7-4-9-16(11-14)23-12-15-8-3-6-13-5-1-2-10-17(13)15/h1-11H,12H2,(H2,20,22). The Kier molecular flexibility index (Phi) is 3.59. The Balaban J connectivity index is 1.57. The highest BCUT2D eigenvalue weighted by Crippen LogP contribution is 2.25. The molecule has 0 radical (unpaired) electrons. The van der Waals surface area contributed by atoms with E-state index in [1.165, 1.54) is 10.8 Å². The first kappa shape index (κ1) is 14.3. The number of nitrogen functional groups attached to an aromatic ring is 1. The van der Waals surface area contributed by atoms with Gasteiger partial charge in [0.1, 0.15) is 12.4 Å². The molecule has 5 nitrogen and oxygen atoms in total. The number of aromatic nitrogens is 2. The van der Waals surface area contributed by atoms with E-state index >= 15 is 0 Å². The molecule has 0 unspecified atom stereocenters. The summed E-state index contributed by atoms with van der Waals surface area (Å²) >= 11 is 0. The van der Waals surface area contributed by atoms with Crippen molar-refractivity contribution in [3.05, 3.63) is 72.3 Å². The molecule has 0 aliphatic heterocycles. The van der Waals surface area contributed by atoms with Crippen molar-refractivity contribution >= 4 is 16.8 Å². The fraction of sp³-hybridized carbons (Fsp3) is 0.0526. The number of hydrogen-bond acceptors (Lipinski definition) is 5. The Labute approximate surface area is 138 Å². The molecule has 0 saturated carbocycles. The molecule has 0 atom stereocenters. The van der Waals surface area contributed by atoms with Crippen molar-refractivity contribution in [1.82, 2.24) is 10.2 Å². The van der Waals surface area contributed by atoms with E-state index in [0.29, 0.717) is 12.5 Å². The summed E-state index contributed by atoms with van der Waals surface area (Å²) < 4.78 is 11.2. The quantitative estimate of drug-likeness (QED) is 0.614. The van der Waals surface area contributed by atoms with Crippen molar-refractivity contribution in [2.45, 2.75) is 6.61 Å². The second-order valence-electron chi connectivity index (χ2n) is 5.40. The minimum absolute atomic E-state index is 0.0482. The molecule has 3 aromatic carbocycles. The number of fused-ring (bicyclic) bond motifs is 1. The highest BCUT2D eigenvalue weighted by atomic mass is 16.5. The van der Waals surface area contributed by atoms with Crippen LogP contribution in [0.25, 0.3) is 22.2 Å². The molecule has 24 heavy (non-hydrogen) atoms. The zero-order chi connectivity index (χ0) is 16.4. The molecule has 4 rings (SSSR count). The summed E-state index contributed by atoms with van der Waals surface area (Å²) in [5.41, 5.74) is 7.38. The van der Waals surface area contributed by atoms with Gasteiger partial charge in [-0.15, -0.1) is 5.10 Å². The van der Waals surface area contributed by atoms with Gasteiger partial charge in [-0.3, -0.25) is 0 Å². The molecular weight excluding hydrogens is 302 g/mol. The van der Waals surface area contributed by atoms with Gasteiger partial charge in [0.2, 0.25) is 5.89 Å². The lowest BCUT2D eigenvalue weighted by Crippen LogP contribution is -1.96. The van der Waals surface area contributed by atoms with E-state index in [9.17, 15) is 0 Å². The normalized spacial score (nSPS) is 10.8. The van der Waals surface area contributed by atoms with Crippen LogP contribution >= 0.6 is 0 Å². The number of ether oxygens (including phenoxy) is 1. The molecule has 118 valence electrons. The lowest BCUT2D eigenvalue weighted by atomic mass is 10.1. The van der Waals surface area contributed by atoms with Crippen LogP contribution in [-0.2, 0) is 6.61 Å². The van der Waals surface area contributed by atoms with Crippen LogP contribution in [-0.4, -0.2) is 10.2 Å². The van der Waals surface area contributed by atoms with E-state index in [4.69, 9.17) is 14.9 Å². The maximum Gasteiger partial charge on any atom is 0.313 e. The predicted molar refractivity (Wildman–Crippen MR) is 92.4 cm³/mol. The Morgan fingerprint density at radius 2 is 1.75 bits per heavy atom. The summed E-state index contributed by atoms with van der Waals surface area (Å²) in [4.78, 5) is 0. The van der Waals surface area contributed by atoms with Crippen LogP contribution in [0.5, 0.6) is 5.75 Å². The van der Waals surface area contributed by atoms with Gasteiger partial charge < -0.3 is 14.9 Å². The number of nitrogens with zero attached hydrogens (tertiary/aromatic N) is 2. The number of nitrogens with two attached hydrogens (primary N) is 1. The molecule has 0 fully saturated rings. The third-order valence-electron chi connectivity index (χ3n) is 3.80. The van der Waals surface area contributed by atoms with E-state index in [1.807, 2.05) is 42.5 Å². The van der Waals surface area contributed by atoms with Gasteiger partial charge in [0, 0.05) is 5.56 Å². The Morgan fingerprint density at radius 3 is 2.62 bits per heavy atom. The molecule has 5 heteroatoms. The molecule has 4 aromatic rings. The van der Waals surface area contributed by atoms with Crippen LogP contribution < -0.4 is 10.5 Å². The Bertz CT molecular complexity index is 989. The van der Waals surface area contributed by atoms with Gasteiger partial charge >= 0.3 is 6.01 Å². The van der Waals surface area contributed by atoms with Crippen LogP contribution in [0, 0.1) is 0 Å². The Hall–Kier alpha value is -3.34. The van der Waals surface area contributed by atoms with Crippen molar-refractivity contribution in [1.29, 1.82) is 0 Å². The van der Waals surface area contributed by atoms with Gasteiger partial charge in [-0.05, 0) is 34.5 Å². The second-order valence-corrected chi connectivity index (χ2v) is 5.40. The molecule has 1 heterocycles. The first-order valence-corrected chi connectivity index (χ1v) is 7.58. The molecule has 0 aliphatic carbocycles. The number of anilines is 1. The summed E-state index contributed by atoms with van der Waals surface area (Å²) in [5.74, 6) is 1.11. The SMILES string of the molecule is Nc1nnc(-c2cccc(OCc3cccc4ccccc34)c2)o1. The summed E-state index contributed by atoms with van der Waals surface area (Å²) in [6.45, 7) is 0.483. The van der Waals surface area contributed by atoms with Gasteiger partial charge in [-0.1, -0.05) is 53.6 Å². The third-order valence-corrected chi connectivity index (χ3v) is 3.80. The number of benzene rings is 3. The monoisotopic (exact) mass is 317 g/mol. The third kappa shape index (κ3) is 2.79. The fourth-order valence-corrected chi connectivity index (χ4v) is 2.65. The van der Waals surface area contributed by atoms with E-state index < -0.39 is 0 Å². The van der Waals surface area contributed by atoms with E-state index in [-0.39, 0.29) is 6.01 Å². The average Bonchev–Trinajstić information content (AvgIpc) is 3.07. The first-order valence-electron chi connectivity index (χ1n) is 7.58. The molecule has 0 bridgehead atoms. The van der Waals surface area contributed by atoms with Gasteiger partial charge in [0.15, 0.2) is 0 Å². The minimum atomic E-state index is 0.0482. The van der Waals surface area contributed by atoms with Crippen LogP contribution in [0.4, 0.5) is 6.01 Å². The molecule has 0 spiro atoms. The van der Waals surface area contributed by atoms with E-state index in [0.717, 1.165) is 16.9 Å². The van der Waals surface area contributed by atoms with E-state index in [1.54, 1.807) is 0 Å². The second kappa shape index (κ2) is 6.04. The van der Waals surface area contributed by atoms with Crippen LogP contribution in [0.3, 0.4) is 0 Å². The molecule has 1 aromatic heterocycles. The van der Waals surface area contributed by atoms with Gasteiger partial charge in [0.25, 0.3) is 0 Å². The highest BCUT2D eigenvalue weighted by molar-refractivity contribution is 5.85. The van der Waals surface area contributed by atoms with Gasteiger partial charge in [-0.2, -0.15) is 0 Å². The molecule has 0 saturated heterocycles. The smallest absolute Gasteiger partial charge is 0.313 e. The Morgan fingerprint density at radius 1 is 0.917 bits per heavy atom. The highest BCUT2D eigenvalue weighted by Gasteiger charge is 2.08. The summed E-state index contributed by atoms with van der Waals surface area (Å²) in [7, 11) is 0. The maximum absolute atomic E-state index is 5.95. The zero-order valence-corrected chi connectivity index (χ0v) is 12.8. The molecule has 0 aliphatic rings. The van der Waals surface area contributed by atoms with Crippen LogP contribution in [0.2, 0.25) is 0 Å². The lowest BCUT2D eigenvalue weighted by molar-refractivity contribution is 0.308. The van der Waals surface area contributed by atoms with Gasteiger partial charge in [0.05, 0.1) is 0 Å². The zero-order valence-electron chi connectivity index (χ0n) is 12.8. The fourth-order valence-electron chi connectivity index (χ4n) is 2.65. The predicted octanol–water partition coefficient (Wildman–Crippen LogP) is 4.05. The molecule has 0 amide bonds. The van der Waals surface area contributed by atoms with Crippen molar-refractivity contribution in [3.63, 3.8) is 0 Å². The average molecular weight is 317 g/mol. The van der Waals surface area contributed by atoms with Crippen molar-refractivity contribution in [3.8, 4) is 17.2 Å².